The molecular weight excluding hydrogens is 159 g/mol. The third-order valence-electron chi connectivity index (χ3n) is 0. The average Bonchev–Trinajstić information content (AvgIpc) is 0. The van der Waals surface area contributed by atoms with Gasteiger partial charge in [0.1, 0.15) is 0 Å². The van der Waals surface area contributed by atoms with Gasteiger partial charge in [0.2, 0.25) is 0 Å². The molecule has 0 rings (SSSR count). The molecular formula is BeCuNiSi. The van der Waals surface area contributed by atoms with Gasteiger partial charge >= 0.3 is 0 Å². The smallest absolute Gasteiger partial charge is 0 e. The Labute approximate surface area is 54.7 Å². The van der Waals surface area contributed by atoms with Crippen molar-refractivity contribution >= 4 is 21.1 Å². The molecule has 0 aliphatic carbocycles. The Balaban J connectivity index is 0. The van der Waals surface area contributed by atoms with Gasteiger partial charge in [-0.15, -0.1) is 0 Å². The quantitative estimate of drug-likeness (QED) is 0.407. The van der Waals surface area contributed by atoms with Gasteiger partial charge in [0.25, 0.3) is 0 Å². The molecule has 27 valence electrons. The van der Waals surface area contributed by atoms with Crippen molar-refractivity contribution in [3.05, 3.63) is 0 Å². The van der Waals surface area contributed by atoms with Gasteiger partial charge in [-0.05, 0) is 0 Å². The summed E-state index contributed by atoms with van der Waals surface area (Å²) in [4.78, 5) is 0. The molecule has 0 heterocycles. The summed E-state index contributed by atoms with van der Waals surface area (Å²) >= 11 is 0. The zero-order valence-corrected chi connectivity index (χ0v) is 4.75. The van der Waals surface area contributed by atoms with Crippen LogP contribution in [0.15, 0.2) is 0 Å². The van der Waals surface area contributed by atoms with E-state index in [-0.39, 0.29) is 54.6 Å². The molecule has 0 aromatic carbocycles. The van der Waals surface area contributed by atoms with Gasteiger partial charge in [0.05, 0.1) is 0 Å². The summed E-state index contributed by atoms with van der Waals surface area (Å²) in [5.41, 5.74) is 0. The third-order valence-corrected chi connectivity index (χ3v) is 0. The van der Waals surface area contributed by atoms with Crippen LogP contribution in [-0.2, 0) is 33.6 Å². The first-order chi connectivity index (χ1) is 0. The number of rotatable bonds is 0. The monoisotopic (exact) mass is 158 g/mol. The number of hydrogen-bond acceptors (Lipinski definition) is 0. The van der Waals surface area contributed by atoms with Gasteiger partial charge < -0.3 is 0 Å². The van der Waals surface area contributed by atoms with Gasteiger partial charge in [-0.3, -0.25) is 0 Å². The summed E-state index contributed by atoms with van der Waals surface area (Å²) in [6, 6.07) is 0. The van der Waals surface area contributed by atoms with E-state index in [1.54, 1.807) is 0 Å². The standard InChI is InChI=1S/Be.Cu.Ni.Si. The Hall–Kier alpha value is 1.40. The molecule has 0 saturated carbocycles. The van der Waals surface area contributed by atoms with Crippen molar-refractivity contribution in [1.29, 1.82) is 0 Å². The Kier molecular flexibility index (Phi) is 347. The van der Waals surface area contributed by atoms with Crippen LogP contribution in [0.5, 0.6) is 0 Å². The predicted molar refractivity (Wildman–Crippen MR) is 11.5 cm³/mol. The summed E-state index contributed by atoms with van der Waals surface area (Å²) in [5, 5.41) is 0. The van der Waals surface area contributed by atoms with E-state index in [1.165, 1.54) is 0 Å². The normalized spacial score (nSPS) is 0. The van der Waals surface area contributed by atoms with Gasteiger partial charge in [-0.25, -0.2) is 0 Å². The number of hydrogen-bond donors (Lipinski definition) is 0. The molecule has 4 heteroatoms. The van der Waals surface area contributed by atoms with Gasteiger partial charge in [0.15, 0.2) is 0 Å². The summed E-state index contributed by atoms with van der Waals surface area (Å²) in [7, 11) is 0. The second kappa shape index (κ2) is 26.0. The summed E-state index contributed by atoms with van der Waals surface area (Å²) in [5.74, 6) is 0. The minimum Gasteiger partial charge on any atom is 0 e. The molecule has 0 aliphatic heterocycles. The van der Waals surface area contributed by atoms with Crippen molar-refractivity contribution in [2.45, 2.75) is 0 Å². The predicted octanol–water partition coefficient (Wildman–Crippen LogP) is -0.767. The fourth-order valence-electron chi connectivity index (χ4n) is 0. The molecule has 0 bridgehead atoms. The molecule has 0 spiro atoms. The van der Waals surface area contributed by atoms with Crippen molar-refractivity contribution in [3.63, 3.8) is 0 Å². The SMILES string of the molecule is [Be].[Cu].[Ni].[Si]. The Morgan fingerprint density at radius 2 is 1.00 bits per heavy atom. The van der Waals surface area contributed by atoms with Crippen molar-refractivity contribution in [1.82, 2.24) is 0 Å². The van der Waals surface area contributed by atoms with Crippen LogP contribution in [0.4, 0.5) is 0 Å². The molecule has 0 aliphatic rings. The van der Waals surface area contributed by atoms with Crippen molar-refractivity contribution in [3.8, 4) is 0 Å². The van der Waals surface area contributed by atoms with E-state index in [1.807, 2.05) is 0 Å². The van der Waals surface area contributed by atoms with Crippen LogP contribution in [0, 0.1) is 0 Å². The van der Waals surface area contributed by atoms with Crippen LogP contribution in [0.1, 0.15) is 0 Å². The molecule has 0 amide bonds. The van der Waals surface area contributed by atoms with E-state index in [0.29, 0.717) is 0 Å². The van der Waals surface area contributed by atoms with Crippen molar-refractivity contribution in [2.75, 3.05) is 0 Å². The topological polar surface area (TPSA) is 0 Å². The van der Waals surface area contributed by atoms with E-state index in [2.05, 4.69) is 0 Å². The van der Waals surface area contributed by atoms with Crippen molar-refractivity contribution in [2.24, 2.45) is 0 Å². The summed E-state index contributed by atoms with van der Waals surface area (Å²) < 4.78 is 0. The van der Waals surface area contributed by atoms with Crippen LogP contribution in [0.3, 0.4) is 0 Å². The maximum absolute atomic E-state index is 0. The molecule has 0 saturated heterocycles. The summed E-state index contributed by atoms with van der Waals surface area (Å²) in [6.45, 7) is 0. The second-order valence-electron chi connectivity index (χ2n) is 0. The Bertz CT molecular complexity index is 8.00. The zero-order chi connectivity index (χ0) is 0. The van der Waals surface area contributed by atoms with E-state index in [0.717, 1.165) is 0 Å². The van der Waals surface area contributed by atoms with Crippen LogP contribution in [-0.4, -0.2) is 21.1 Å². The molecule has 0 atom stereocenters. The summed E-state index contributed by atoms with van der Waals surface area (Å²) in [6.07, 6.45) is 0. The zero-order valence-electron chi connectivity index (χ0n) is 1.82. The van der Waals surface area contributed by atoms with Crippen LogP contribution >= 0.6 is 0 Å². The minimum atomic E-state index is 0. The molecule has 7 radical (unpaired) electrons. The fourth-order valence-corrected chi connectivity index (χ4v) is 0. The van der Waals surface area contributed by atoms with E-state index in [4.69, 9.17) is 0 Å². The molecule has 0 aromatic rings. The van der Waals surface area contributed by atoms with E-state index < -0.39 is 0 Å². The first-order valence-electron chi connectivity index (χ1n) is 0. The second-order valence-corrected chi connectivity index (χ2v) is 0. The van der Waals surface area contributed by atoms with Crippen LogP contribution < -0.4 is 0 Å². The molecule has 0 unspecified atom stereocenters. The molecule has 4 heavy (non-hydrogen) atoms. The minimum absolute atomic E-state index is 0. The third kappa shape index (κ3) is 10.00. The maximum Gasteiger partial charge on any atom is 0 e. The van der Waals surface area contributed by atoms with Gasteiger partial charge in [0, 0.05) is 54.6 Å². The van der Waals surface area contributed by atoms with Gasteiger partial charge in [-0.1, -0.05) is 0 Å². The van der Waals surface area contributed by atoms with E-state index in [9.17, 15) is 0 Å². The molecule has 0 N–H and O–H groups in total. The largest absolute Gasteiger partial charge is 0 e. The van der Waals surface area contributed by atoms with E-state index >= 15 is 0 Å². The molecule has 0 aromatic heterocycles. The average molecular weight is 159 g/mol. The maximum atomic E-state index is 0. The first-order valence-corrected chi connectivity index (χ1v) is 0. The Morgan fingerprint density at radius 3 is 1.00 bits per heavy atom. The molecule has 0 fully saturated rings. The molecule has 0 nitrogen and oxygen atoms in total. The van der Waals surface area contributed by atoms with Crippen LogP contribution in [0.25, 0.3) is 0 Å². The van der Waals surface area contributed by atoms with Crippen molar-refractivity contribution < 1.29 is 33.6 Å². The first kappa shape index (κ1) is 53.4. The van der Waals surface area contributed by atoms with Crippen LogP contribution in [0.2, 0.25) is 0 Å². The fraction of sp³-hybridized carbons (Fsp3) is 0. The Morgan fingerprint density at radius 1 is 1.00 bits per heavy atom. The van der Waals surface area contributed by atoms with Gasteiger partial charge in [-0.2, -0.15) is 0 Å².